The molecule has 0 aliphatic heterocycles. The molecule has 2 aromatic rings. The zero-order valence-corrected chi connectivity index (χ0v) is 11.0. The molecule has 0 amide bonds. The van der Waals surface area contributed by atoms with Crippen molar-refractivity contribution in [2.75, 3.05) is 0 Å². The molecule has 0 unspecified atom stereocenters. The fraction of sp³-hybridized carbons (Fsp3) is 0.308. The molecule has 0 saturated carbocycles. The number of carboxylic acid groups (broad SMARTS) is 1. The first-order chi connectivity index (χ1) is 9.32. The van der Waals surface area contributed by atoms with E-state index in [2.05, 4.69) is 4.98 Å². The molecule has 1 heterocycles. The number of aryl methyl sites for hydroxylation is 3. The summed E-state index contributed by atoms with van der Waals surface area (Å²) in [5, 5.41) is 28.7. The summed E-state index contributed by atoms with van der Waals surface area (Å²) in [6.07, 6.45) is -0.236. The number of aromatic nitrogens is 2. The second-order valence-electron chi connectivity index (χ2n) is 4.54. The lowest BCUT2D eigenvalue weighted by Crippen LogP contribution is -2.25. The van der Waals surface area contributed by atoms with Crippen molar-refractivity contribution < 1.29 is 20.1 Å². The van der Waals surface area contributed by atoms with Crippen molar-refractivity contribution in [1.29, 1.82) is 0 Å². The number of rotatable bonds is 3. The van der Waals surface area contributed by atoms with Gasteiger partial charge in [-0.15, -0.1) is 0 Å². The number of carbonyl (C=O) groups is 1. The third-order valence-electron chi connectivity index (χ3n) is 3.20. The molecule has 0 aliphatic carbocycles. The number of carboxylic acids is 1. The highest BCUT2D eigenvalue weighted by molar-refractivity contribution is 5.88. The molecular formula is C13H14N2O5. The van der Waals surface area contributed by atoms with Gasteiger partial charge < -0.3 is 15.3 Å². The topological polar surface area (TPSA) is 113 Å². The van der Waals surface area contributed by atoms with Crippen LogP contribution >= 0.6 is 0 Å². The maximum absolute atomic E-state index is 11.9. The smallest absolute Gasteiger partial charge is 0.348 e. The van der Waals surface area contributed by atoms with Gasteiger partial charge in [-0.2, -0.15) is 4.98 Å². The van der Waals surface area contributed by atoms with E-state index < -0.39 is 11.7 Å². The summed E-state index contributed by atoms with van der Waals surface area (Å²) in [5.74, 6) is -1.67. The highest BCUT2D eigenvalue weighted by atomic mass is 16.4. The van der Waals surface area contributed by atoms with Crippen LogP contribution < -0.4 is 5.69 Å². The van der Waals surface area contributed by atoms with E-state index in [1.54, 1.807) is 13.8 Å². The Morgan fingerprint density at radius 3 is 2.60 bits per heavy atom. The summed E-state index contributed by atoms with van der Waals surface area (Å²) >= 11 is 0. The van der Waals surface area contributed by atoms with Gasteiger partial charge in [0.05, 0.1) is 17.6 Å². The molecule has 0 saturated heterocycles. The average Bonchev–Trinajstić information content (AvgIpc) is 2.34. The van der Waals surface area contributed by atoms with Crippen LogP contribution in [-0.4, -0.2) is 30.8 Å². The molecule has 106 valence electrons. The minimum atomic E-state index is -1.04. The Bertz CT molecular complexity index is 764. The van der Waals surface area contributed by atoms with E-state index in [1.165, 1.54) is 10.6 Å². The van der Waals surface area contributed by atoms with Crippen LogP contribution in [0.15, 0.2) is 10.9 Å². The summed E-state index contributed by atoms with van der Waals surface area (Å²) in [5.41, 5.74) is 0.593. The van der Waals surface area contributed by atoms with E-state index in [-0.39, 0.29) is 24.5 Å². The van der Waals surface area contributed by atoms with Gasteiger partial charge in [0.2, 0.25) is 0 Å². The van der Waals surface area contributed by atoms with Crippen molar-refractivity contribution in [2.24, 2.45) is 0 Å². The third kappa shape index (κ3) is 2.18. The Hall–Kier alpha value is -2.57. The number of nitrogens with zero attached hydrogens (tertiary/aromatic N) is 2. The lowest BCUT2D eigenvalue weighted by molar-refractivity contribution is -0.137. The van der Waals surface area contributed by atoms with E-state index in [0.29, 0.717) is 22.2 Å². The minimum Gasteiger partial charge on any atom is -0.504 e. The van der Waals surface area contributed by atoms with E-state index in [0.717, 1.165) is 0 Å². The van der Waals surface area contributed by atoms with Crippen LogP contribution in [0, 0.1) is 13.8 Å². The quantitative estimate of drug-likeness (QED) is 0.719. The molecule has 2 rings (SSSR count). The molecule has 0 bridgehead atoms. The number of aromatic hydroxyl groups is 2. The molecule has 7 nitrogen and oxygen atoms in total. The van der Waals surface area contributed by atoms with Crippen LogP contribution in [-0.2, 0) is 11.3 Å². The Labute approximate surface area is 113 Å². The van der Waals surface area contributed by atoms with Crippen LogP contribution in [0.25, 0.3) is 10.9 Å². The lowest BCUT2D eigenvalue weighted by atomic mass is 10.1. The fourth-order valence-corrected chi connectivity index (χ4v) is 2.23. The molecule has 7 heteroatoms. The van der Waals surface area contributed by atoms with E-state index >= 15 is 0 Å². The van der Waals surface area contributed by atoms with Gasteiger partial charge in [-0.05, 0) is 13.8 Å². The highest BCUT2D eigenvalue weighted by Crippen LogP contribution is 2.35. The summed E-state index contributed by atoms with van der Waals surface area (Å²) in [6.45, 7) is 3.16. The van der Waals surface area contributed by atoms with E-state index in [9.17, 15) is 19.8 Å². The van der Waals surface area contributed by atoms with Gasteiger partial charge in [0.25, 0.3) is 0 Å². The molecule has 1 aromatic carbocycles. The molecular weight excluding hydrogens is 264 g/mol. The second kappa shape index (κ2) is 4.84. The van der Waals surface area contributed by atoms with E-state index in [4.69, 9.17) is 5.11 Å². The minimum absolute atomic E-state index is 0.0540. The molecule has 1 aromatic heterocycles. The fourth-order valence-electron chi connectivity index (χ4n) is 2.23. The number of phenolic OH excluding ortho intramolecular Hbond substituents is 2. The first-order valence-electron chi connectivity index (χ1n) is 5.97. The Balaban J connectivity index is 2.81. The van der Waals surface area contributed by atoms with Crippen LogP contribution in [0.5, 0.6) is 11.5 Å². The average molecular weight is 278 g/mol. The van der Waals surface area contributed by atoms with Crippen molar-refractivity contribution in [3.05, 3.63) is 27.8 Å². The number of aliphatic carboxylic acids is 1. The normalized spacial score (nSPS) is 10.9. The predicted molar refractivity (Wildman–Crippen MR) is 71.1 cm³/mol. The van der Waals surface area contributed by atoms with Gasteiger partial charge in [0.1, 0.15) is 0 Å². The van der Waals surface area contributed by atoms with Crippen molar-refractivity contribution in [2.45, 2.75) is 26.8 Å². The molecule has 0 radical (unpaired) electrons. The third-order valence-corrected chi connectivity index (χ3v) is 3.20. The zero-order valence-electron chi connectivity index (χ0n) is 11.0. The maximum Gasteiger partial charge on any atom is 0.348 e. The van der Waals surface area contributed by atoms with Crippen LogP contribution in [0.1, 0.15) is 17.7 Å². The van der Waals surface area contributed by atoms with Crippen LogP contribution in [0.3, 0.4) is 0 Å². The Kier molecular flexibility index (Phi) is 3.35. The van der Waals surface area contributed by atoms with Crippen molar-refractivity contribution in [3.63, 3.8) is 0 Å². The molecule has 0 aliphatic rings. The predicted octanol–water partition coefficient (Wildman–Crippen LogP) is 0.899. The zero-order chi connectivity index (χ0) is 15.0. The standard InChI is InChI=1S/C13H14N2O5/c1-6-11-7(2)14-13(20)15(4-3-10(17)18)8(11)5-9(16)12(6)19/h5,16,19H,3-4H2,1-2H3,(H,17,18). The number of fused-ring (bicyclic) bond motifs is 1. The van der Waals surface area contributed by atoms with Crippen molar-refractivity contribution >= 4 is 16.9 Å². The summed E-state index contributed by atoms with van der Waals surface area (Å²) in [4.78, 5) is 26.4. The molecule has 0 spiro atoms. The van der Waals surface area contributed by atoms with E-state index in [1.807, 2.05) is 0 Å². The number of phenols is 2. The second-order valence-corrected chi connectivity index (χ2v) is 4.54. The number of hydrogen-bond acceptors (Lipinski definition) is 5. The largest absolute Gasteiger partial charge is 0.504 e. The van der Waals surface area contributed by atoms with Gasteiger partial charge in [0.15, 0.2) is 11.5 Å². The molecule has 20 heavy (non-hydrogen) atoms. The van der Waals surface area contributed by atoms with Gasteiger partial charge in [-0.3, -0.25) is 9.36 Å². The maximum atomic E-state index is 11.9. The monoisotopic (exact) mass is 278 g/mol. The highest BCUT2D eigenvalue weighted by Gasteiger charge is 2.16. The summed E-state index contributed by atoms with van der Waals surface area (Å²) in [7, 11) is 0. The summed E-state index contributed by atoms with van der Waals surface area (Å²) < 4.78 is 1.18. The van der Waals surface area contributed by atoms with Gasteiger partial charge in [0, 0.05) is 23.6 Å². The molecule has 0 atom stereocenters. The van der Waals surface area contributed by atoms with Crippen molar-refractivity contribution in [1.82, 2.24) is 9.55 Å². The number of hydrogen-bond donors (Lipinski definition) is 3. The number of benzene rings is 1. The first kappa shape index (κ1) is 13.9. The molecule has 0 fully saturated rings. The van der Waals surface area contributed by atoms with Gasteiger partial charge in [-0.25, -0.2) is 4.79 Å². The van der Waals surface area contributed by atoms with Gasteiger partial charge in [-0.1, -0.05) is 0 Å². The SMILES string of the molecule is Cc1nc(=O)n(CCC(=O)O)c2cc(O)c(O)c(C)c12. The van der Waals surface area contributed by atoms with Gasteiger partial charge >= 0.3 is 11.7 Å². The van der Waals surface area contributed by atoms with Crippen LogP contribution in [0.2, 0.25) is 0 Å². The Morgan fingerprint density at radius 2 is 2.00 bits per heavy atom. The summed E-state index contributed by atoms with van der Waals surface area (Å²) in [6, 6.07) is 1.25. The Morgan fingerprint density at radius 1 is 1.35 bits per heavy atom. The van der Waals surface area contributed by atoms with Crippen LogP contribution in [0.4, 0.5) is 0 Å². The lowest BCUT2D eigenvalue weighted by Gasteiger charge is -2.14. The molecule has 3 N–H and O–H groups in total. The first-order valence-corrected chi connectivity index (χ1v) is 5.97. The van der Waals surface area contributed by atoms with Crippen molar-refractivity contribution in [3.8, 4) is 11.5 Å².